The Kier molecular flexibility index (Phi) is 4.82. The molecule has 0 aliphatic carbocycles. The highest BCUT2D eigenvalue weighted by molar-refractivity contribution is 7.90. The lowest BCUT2D eigenvalue weighted by molar-refractivity contribution is 0.509. The second kappa shape index (κ2) is 6.81. The maximum atomic E-state index is 13.9. The van der Waals surface area contributed by atoms with Gasteiger partial charge in [-0.3, -0.25) is 0 Å². The Balaban J connectivity index is 2.24. The summed E-state index contributed by atoms with van der Waals surface area (Å²) in [4.78, 5) is 0.0582. The van der Waals surface area contributed by atoms with Gasteiger partial charge in [0.1, 0.15) is 11.6 Å². The third kappa shape index (κ3) is 3.73. The maximum Gasteiger partial charge on any atom is 0.175 e. The maximum absolute atomic E-state index is 13.9. The van der Waals surface area contributed by atoms with Crippen LogP contribution in [0.1, 0.15) is 5.56 Å². The standard InChI is InChI=1S/C20H14F4O2S/c1-11-17(21)7-13(8-18(11)22)16-10-20(24)19(23)9-15(16)12-3-5-14(6-4-12)27(2,25)26/h3-10H,1-2H3. The van der Waals surface area contributed by atoms with E-state index < -0.39 is 33.1 Å². The average Bonchev–Trinajstić information content (AvgIpc) is 2.60. The molecule has 0 unspecified atom stereocenters. The van der Waals surface area contributed by atoms with E-state index in [1.807, 2.05) is 0 Å². The summed E-state index contributed by atoms with van der Waals surface area (Å²) in [6, 6.07) is 9.35. The number of hydrogen-bond donors (Lipinski definition) is 0. The fraction of sp³-hybridized carbons (Fsp3) is 0.100. The van der Waals surface area contributed by atoms with Crippen LogP contribution in [0.5, 0.6) is 0 Å². The van der Waals surface area contributed by atoms with Crippen molar-refractivity contribution in [3.8, 4) is 22.3 Å². The lowest BCUT2D eigenvalue weighted by atomic mass is 9.93. The Morgan fingerprint density at radius 3 is 1.56 bits per heavy atom. The van der Waals surface area contributed by atoms with Gasteiger partial charge in [0.25, 0.3) is 0 Å². The zero-order valence-corrected chi connectivity index (χ0v) is 15.2. The van der Waals surface area contributed by atoms with Gasteiger partial charge in [-0.1, -0.05) is 12.1 Å². The summed E-state index contributed by atoms with van der Waals surface area (Å²) < 4.78 is 78.7. The highest BCUT2D eigenvalue weighted by atomic mass is 32.2. The zero-order chi connectivity index (χ0) is 19.9. The summed E-state index contributed by atoms with van der Waals surface area (Å²) in [6.07, 6.45) is 1.04. The van der Waals surface area contributed by atoms with Crippen molar-refractivity contribution in [1.82, 2.24) is 0 Å². The molecule has 0 aromatic heterocycles. The van der Waals surface area contributed by atoms with Gasteiger partial charge in [-0.15, -0.1) is 0 Å². The molecule has 3 rings (SSSR count). The molecule has 2 nitrogen and oxygen atoms in total. The molecule has 27 heavy (non-hydrogen) atoms. The van der Waals surface area contributed by atoms with E-state index in [0.717, 1.165) is 30.5 Å². The topological polar surface area (TPSA) is 34.1 Å². The second-order valence-electron chi connectivity index (χ2n) is 6.17. The summed E-state index contributed by atoms with van der Waals surface area (Å²) in [5.74, 6) is -3.92. The van der Waals surface area contributed by atoms with Crippen molar-refractivity contribution in [2.75, 3.05) is 6.26 Å². The van der Waals surface area contributed by atoms with Crippen LogP contribution in [0.25, 0.3) is 22.3 Å². The smallest absolute Gasteiger partial charge is 0.175 e. The van der Waals surface area contributed by atoms with E-state index in [0.29, 0.717) is 5.56 Å². The van der Waals surface area contributed by atoms with E-state index in [1.54, 1.807) is 0 Å². The fourth-order valence-corrected chi connectivity index (χ4v) is 3.34. The van der Waals surface area contributed by atoms with Crippen molar-refractivity contribution < 1.29 is 26.0 Å². The molecular weight excluding hydrogens is 380 g/mol. The Hall–Kier alpha value is -2.67. The van der Waals surface area contributed by atoms with E-state index in [2.05, 4.69) is 0 Å². The lowest BCUT2D eigenvalue weighted by Gasteiger charge is -2.13. The quantitative estimate of drug-likeness (QED) is 0.566. The first-order chi connectivity index (χ1) is 12.6. The second-order valence-corrected chi connectivity index (χ2v) is 8.19. The molecular formula is C20H14F4O2S. The van der Waals surface area contributed by atoms with Crippen molar-refractivity contribution >= 4 is 9.84 Å². The van der Waals surface area contributed by atoms with Crippen molar-refractivity contribution in [3.05, 3.63) is 77.4 Å². The normalized spacial score (nSPS) is 11.6. The molecule has 0 atom stereocenters. The molecule has 0 spiro atoms. The van der Waals surface area contributed by atoms with Gasteiger partial charge in [-0.25, -0.2) is 26.0 Å². The van der Waals surface area contributed by atoms with Crippen LogP contribution >= 0.6 is 0 Å². The SMILES string of the molecule is Cc1c(F)cc(-c2cc(F)c(F)cc2-c2ccc(S(C)(=O)=O)cc2)cc1F. The van der Waals surface area contributed by atoms with Crippen LogP contribution < -0.4 is 0 Å². The van der Waals surface area contributed by atoms with Crippen LogP contribution in [0.4, 0.5) is 17.6 Å². The molecule has 0 heterocycles. The van der Waals surface area contributed by atoms with E-state index in [9.17, 15) is 26.0 Å². The predicted molar refractivity (Wildman–Crippen MR) is 95.0 cm³/mol. The summed E-state index contributed by atoms with van der Waals surface area (Å²) >= 11 is 0. The third-order valence-electron chi connectivity index (χ3n) is 4.25. The van der Waals surface area contributed by atoms with Crippen LogP contribution in [-0.2, 0) is 9.84 Å². The molecule has 3 aromatic carbocycles. The van der Waals surface area contributed by atoms with Crippen molar-refractivity contribution in [2.24, 2.45) is 0 Å². The minimum Gasteiger partial charge on any atom is -0.224 e. The lowest BCUT2D eigenvalue weighted by Crippen LogP contribution is -1.97. The van der Waals surface area contributed by atoms with Crippen LogP contribution in [0, 0.1) is 30.2 Å². The van der Waals surface area contributed by atoms with Gasteiger partial charge >= 0.3 is 0 Å². The largest absolute Gasteiger partial charge is 0.224 e. The third-order valence-corrected chi connectivity index (χ3v) is 5.37. The van der Waals surface area contributed by atoms with Crippen LogP contribution in [0.3, 0.4) is 0 Å². The molecule has 0 saturated carbocycles. The fourth-order valence-electron chi connectivity index (χ4n) is 2.71. The van der Waals surface area contributed by atoms with Gasteiger partial charge in [0, 0.05) is 11.8 Å². The molecule has 0 aliphatic rings. The first kappa shape index (κ1) is 19.1. The Morgan fingerprint density at radius 2 is 1.11 bits per heavy atom. The summed E-state index contributed by atoms with van der Waals surface area (Å²) in [7, 11) is -3.43. The number of rotatable bonds is 3. The summed E-state index contributed by atoms with van der Waals surface area (Å²) in [6.45, 7) is 1.27. The molecule has 0 bridgehead atoms. The monoisotopic (exact) mass is 394 g/mol. The minimum atomic E-state index is -3.43. The number of hydrogen-bond acceptors (Lipinski definition) is 2. The first-order valence-corrected chi connectivity index (χ1v) is 9.72. The Labute approximate surface area is 154 Å². The van der Waals surface area contributed by atoms with Gasteiger partial charge in [0.2, 0.25) is 0 Å². The van der Waals surface area contributed by atoms with Crippen molar-refractivity contribution in [1.29, 1.82) is 0 Å². The molecule has 0 fully saturated rings. The van der Waals surface area contributed by atoms with Gasteiger partial charge < -0.3 is 0 Å². The van der Waals surface area contributed by atoms with Crippen LogP contribution in [-0.4, -0.2) is 14.7 Å². The molecule has 0 N–H and O–H groups in total. The van der Waals surface area contributed by atoms with Gasteiger partial charge in [-0.05, 0) is 65.6 Å². The number of sulfone groups is 1. The van der Waals surface area contributed by atoms with E-state index in [4.69, 9.17) is 0 Å². The predicted octanol–water partition coefficient (Wildman–Crippen LogP) is 5.29. The van der Waals surface area contributed by atoms with Crippen molar-refractivity contribution in [2.45, 2.75) is 11.8 Å². The number of benzene rings is 3. The van der Waals surface area contributed by atoms with Gasteiger partial charge in [0.05, 0.1) is 4.90 Å². The molecule has 140 valence electrons. The average molecular weight is 394 g/mol. The molecule has 3 aromatic rings. The molecule has 7 heteroatoms. The molecule has 0 amide bonds. The highest BCUT2D eigenvalue weighted by Crippen LogP contribution is 2.35. The van der Waals surface area contributed by atoms with Crippen LogP contribution in [0.15, 0.2) is 53.4 Å². The summed E-state index contributed by atoms with van der Waals surface area (Å²) in [5.41, 5.74) is 0.491. The van der Waals surface area contributed by atoms with E-state index >= 15 is 0 Å². The molecule has 0 radical (unpaired) electrons. The van der Waals surface area contributed by atoms with Gasteiger partial charge in [0.15, 0.2) is 21.5 Å². The van der Waals surface area contributed by atoms with Gasteiger partial charge in [-0.2, -0.15) is 0 Å². The zero-order valence-electron chi connectivity index (χ0n) is 14.4. The van der Waals surface area contributed by atoms with E-state index in [-0.39, 0.29) is 27.1 Å². The van der Waals surface area contributed by atoms with Crippen molar-refractivity contribution in [3.63, 3.8) is 0 Å². The Morgan fingerprint density at radius 1 is 0.667 bits per heavy atom. The Bertz CT molecular complexity index is 1110. The molecule has 0 saturated heterocycles. The number of halogens is 4. The summed E-state index contributed by atoms with van der Waals surface area (Å²) in [5, 5.41) is 0. The van der Waals surface area contributed by atoms with Crippen LogP contribution in [0.2, 0.25) is 0 Å². The molecule has 0 aliphatic heterocycles. The minimum absolute atomic E-state index is 0.0386. The highest BCUT2D eigenvalue weighted by Gasteiger charge is 2.17. The first-order valence-electron chi connectivity index (χ1n) is 7.83. The van der Waals surface area contributed by atoms with E-state index in [1.165, 1.54) is 31.2 Å².